The molecule has 3 nitrogen and oxygen atoms in total. The fraction of sp³-hybridized carbons (Fsp3) is 0.529. The molecule has 2 aromatic rings. The van der Waals surface area contributed by atoms with Gasteiger partial charge in [0.1, 0.15) is 11.3 Å². The van der Waals surface area contributed by atoms with E-state index in [1.54, 1.807) is 0 Å². The normalized spacial score (nSPS) is 24.9. The second-order valence-corrected chi connectivity index (χ2v) is 6.02. The molecule has 1 aromatic heterocycles. The van der Waals surface area contributed by atoms with Crippen LogP contribution >= 0.6 is 0 Å². The number of hydrazine groups is 1. The second-order valence-electron chi connectivity index (χ2n) is 6.02. The molecule has 1 aliphatic rings. The van der Waals surface area contributed by atoms with Crippen LogP contribution in [0.5, 0.6) is 0 Å². The minimum absolute atomic E-state index is 0.139. The zero-order chi connectivity index (χ0) is 13.9. The first-order valence-corrected chi connectivity index (χ1v) is 7.76. The van der Waals surface area contributed by atoms with E-state index in [0.29, 0.717) is 5.92 Å². The van der Waals surface area contributed by atoms with Crippen molar-refractivity contribution in [3.8, 4) is 0 Å². The van der Waals surface area contributed by atoms with E-state index in [1.807, 2.05) is 18.2 Å². The minimum atomic E-state index is 0.139. The van der Waals surface area contributed by atoms with E-state index in [1.165, 1.54) is 32.1 Å². The average molecular weight is 272 g/mol. The summed E-state index contributed by atoms with van der Waals surface area (Å²) in [6.07, 6.45) is 6.42. The molecule has 1 fully saturated rings. The SMILES string of the molecule is CCC1CCC(C(NN)c2cc3ccccc3o2)CC1. The van der Waals surface area contributed by atoms with Crippen molar-refractivity contribution < 1.29 is 4.42 Å². The van der Waals surface area contributed by atoms with Gasteiger partial charge < -0.3 is 4.42 Å². The average Bonchev–Trinajstić information content (AvgIpc) is 2.92. The molecule has 1 unspecified atom stereocenters. The number of rotatable bonds is 4. The van der Waals surface area contributed by atoms with Crippen LogP contribution in [0.2, 0.25) is 0 Å². The fourth-order valence-electron chi connectivity index (χ4n) is 3.54. The maximum absolute atomic E-state index is 5.98. The van der Waals surface area contributed by atoms with Crippen LogP contribution in [0.15, 0.2) is 34.7 Å². The topological polar surface area (TPSA) is 51.2 Å². The molecule has 3 N–H and O–H groups in total. The third-order valence-electron chi connectivity index (χ3n) is 4.87. The number of furan rings is 1. The lowest BCUT2D eigenvalue weighted by Gasteiger charge is -2.32. The lowest BCUT2D eigenvalue weighted by atomic mass is 9.77. The number of hydrogen-bond donors (Lipinski definition) is 2. The third-order valence-corrected chi connectivity index (χ3v) is 4.87. The van der Waals surface area contributed by atoms with E-state index in [0.717, 1.165) is 22.6 Å². The molecule has 1 aliphatic carbocycles. The van der Waals surface area contributed by atoms with Gasteiger partial charge >= 0.3 is 0 Å². The molecule has 1 heterocycles. The van der Waals surface area contributed by atoms with Gasteiger partial charge in [-0.05, 0) is 36.8 Å². The summed E-state index contributed by atoms with van der Waals surface area (Å²) in [7, 11) is 0. The molecule has 0 spiro atoms. The van der Waals surface area contributed by atoms with Crippen molar-refractivity contribution in [1.29, 1.82) is 0 Å². The number of nitrogens with one attached hydrogen (secondary N) is 1. The Hall–Kier alpha value is -1.32. The van der Waals surface area contributed by atoms with Gasteiger partial charge in [-0.15, -0.1) is 0 Å². The smallest absolute Gasteiger partial charge is 0.134 e. The van der Waals surface area contributed by atoms with Crippen molar-refractivity contribution in [1.82, 2.24) is 5.43 Å². The Morgan fingerprint density at radius 2 is 2.00 bits per heavy atom. The van der Waals surface area contributed by atoms with Gasteiger partial charge in [-0.3, -0.25) is 5.84 Å². The van der Waals surface area contributed by atoms with Gasteiger partial charge in [0.05, 0.1) is 6.04 Å². The molecule has 0 bridgehead atoms. The van der Waals surface area contributed by atoms with Gasteiger partial charge in [0.2, 0.25) is 0 Å². The van der Waals surface area contributed by atoms with E-state index in [-0.39, 0.29) is 6.04 Å². The maximum Gasteiger partial charge on any atom is 0.134 e. The van der Waals surface area contributed by atoms with Crippen molar-refractivity contribution in [2.24, 2.45) is 17.7 Å². The zero-order valence-electron chi connectivity index (χ0n) is 12.1. The van der Waals surface area contributed by atoms with Gasteiger partial charge in [-0.2, -0.15) is 0 Å². The number of hydrogen-bond acceptors (Lipinski definition) is 3. The summed E-state index contributed by atoms with van der Waals surface area (Å²) in [5.74, 6) is 8.28. The maximum atomic E-state index is 5.98. The van der Waals surface area contributed by atoms with E-state index < -0.39 is 0 Å². The van der Waals surface area contributed by atoms with Crippen LogP contribution in [0.4, 0.5) is 0 Å². The highest BCUT2D eigenvalue weighted by Crippen LogP contribution is 2.38. The molecule has 3 rings (SSSR count). The Labute approximate surface area is 120 Å². The van der Waals surface area contributed by atoms with Gasteiger partial charge in [-0.25, -0.2) is 5.43 Å². The third kappa shape index (κ3) is 2.60. The molecule has 0 amide bonds. The first kappa shape index (κ1) is 13.7. The molecule has 0 radical (unpaired) electrons. The summed E-state index contributed by atoms with van der Waals surface area (Å²) in [6, 6.07) is 10.4. The molecule has 0 aliphatic heterocycles. The highest BCUT2D eigenvalue weighted by Gasteiger charge is 2.29. The van der Waals surface area contributed by atoms with E-state index in [2.05, 4.69) is 24.5 Å². The number of para-hydroxylation sites is 1. The van der Waals surface area contributed by atoms with Crippen molar-refractivity contribution in [2.75, 3.05) is 0 Å². The van der Waals surface area contributed by atoms with Crippen LogP contribution in [0.1, 0.15) is 50.8 Å². The molecule has 3 heteroatoms. The summed E-state index contributed by atoms with van der Waals surface area (Å²) in [4.78, 5) is 0. The molecule has 1 aromatic carbocycles. The molecular formula is C17H24N2O. The Balaban J connectivity index is 1.79. The largest absolute Gasteiger partial charge is 0.459 e. The van der Waals surface area contributed by atoms with Crippen LogP contribution in [0.3, 0.4) is 0 Å². The van der Waals surface area contributed by atoms with Gasteiger partial charge in [0.25, 0.3) is 0 Å². The lowest BCUT2D eigenvalue weighted by molar-refractivity contribution is 0.205. The predicted octanol–water partition coefficient (Wildman–Crippen LogP) is 4.15. The predicted molar refractivity (Wildman–Crippen MR) is 82.0 cm³/mol. The summed E-state index contributed by atoms with van der Waals surface area (Å²) < 4.78 is 5.98. The molecule has 1 atom stereocenters. The van der Waals surface area contributed by atoms with E-state index in [4.69, 9.17) is 10.3 Å². The second kappa shape index (κ2) is 5.98. The van der Waals surface area contributed by atoms with Crippen LogP contribution in [-0.2, 0) is 0 Å². The van der Waals surface area contributed by atoms with Crippen LogP contribution < -0.4 is 11.3 Å². The Morgan fingerprint density at radius 3 is 2.65 bits per heavy atom. The first-order valence-electron chi connectivity index (χ1n) is 7.76. The monoisotopic (exact) mass is 272 g/mol. The standard InChI is InChI=1S/C17H24N2O/c1-2-12-7-9-13(10-8-12)17(19-18)16-11-14-5-3-4-6-15(14)20-16/h3-6,11-13,17,19H,2,7-10,18H2,1H3. The molecule has 108 valence electrons. The molecule has 20 heavy (non-hydrogen) atoms. The summed E-state index contributed by atoms with van der Waals surface area (Å²) in [5.41, 5.74) is 3.94. The first-order chi connectivity index (χ1) is 9.81. The molecule has 1 saturated carbocycles. The van der Waals surface area contributed by atoms with E-state index in [9.17, 15) is 0 Å². The highest BCUT2D eigenvalue weighted by atomic mass is 16.3. The zero-order valence-corrected chi connectivity index (χ0v) is 12.1. The Bertz CT molecular complexity index is 522. The van der Waals surface area contributed by atoms with Crippen LogP contribution in [0.25, 0.3) is 11.0 Å². The van der Waals surface area contributed by atoms with Crippen molar-refractivity contribution in [3.63, 3.8) is 0 Å². The van der Waals surface area contributed by atoms with Crippen molar-refractivity contribution in [2.45, 2.75) is 45.1 Å². The summed E-state index contributed by atoms with van der Waals surface area (Å²) in [6.45, 7) is 2.29. The van der Waals surface area contributed by atoms with Gasteiger partial charge in [0.15, 0.2) is 0 Å². The lowest BCUT2D eigenvalue weighted by Crippen LogP contribution is -2.35. The van der Waals surface area contributed by atoms with Gasteiger partial charge in [-0.1, -0.05) is 44.4 Å². The van der Waals surface area contributed by atoms with E-state index >= 15 is 0 Å². The van der Waals surface area contributed by atoms with Crippen molar-refractivity contribution >= 4 is 11.0 Å². The molecular weight excluding hydrogens is 248 g/mol. The Morgan fingerprint density at radius 1 is 1.25 bits per heavy atom. The summed E-state index contributed by atoms with van der Waals surface area (Å²) in [5, 5.41) is 1.16. The quantitative estimate of drug-likeness (QED) is 0.649. The fourth-order valence-corrected chi connectivity index (χ4v) is 3.54. The number of nitrogens with two attached hydrogens (primary N) is 1. The minimum Gasteiger partial charge on any atom is -0.459 e. The number of benzene rings is 1. The van der Waals surface area contributed by atoms with Crippen molar-refractivity contribution in [3.05, 3.63) is 36.1 Å². The summed E-state index contributed by atoms with van der Waals surface area (Å²) >= 11 is 0. The Kier molecular flexibility index (Phi) is 4.08. The highest BCUT2D eigenvalue weighted by molar-refractivity contribution is 5.77. The van der Waals surface area contributed by atoms with Gasteiger partial charge in [0, 0.05) is 5.39 Å². The van der Waals surface area contributed by atoms with Crippen LogP contribution in [0, 0.1) is 11.8 Å². The van der Waals surface area contributed by atoms with Crippen LogP contribution in [-0.4, -0.2) is 0 Å². The molecule has 0 saturated heterocycles. The number of fused-ring (bicyclic) bond motifs is 1.